The monoisotopic (exact) mass is 524 g/mol. The van der Waals surface area contributed by atoms with Crippen molar-refractivity contribution in [3.63, 3.8) is 0 Å². The zero-order valence-corrected chi connectivity index (χ0v) is 20.8. The van der Waals surface area contributed by atoms with Crippen molar-refractivity contribution in [2.75, 3.05) is 10.2 Å². The quantitative estimate of drug-likeness (QED) is 0.422. The van der Waals surface area contributed by atoms with E-state index in [1.807, 2.05) is 26.0 Å². The highest BCUT2D eigenvalue weighted by Crippen LogP contribution is 2.54. The molecule has 2 aliphatic rings. The number of anilines is 2. The van der Waals surface area contributed by atoms with Crippen molar-refractivity contribution in [1.82, 2.24) is 9.78 Å². The number of aryl methyl sites for hydroxylation is 1. The number of aromatic nitrogens is 2. The number of carbonyl (C=O) groups excluding carboxylic acids is 2. The first-order valence-electron chi connectivity index (χ1n) is 11.9. The van der Waals surface area contributed by atoms with Crippen LogP contribution in [-0.2, 0) is 18.0 Å². The molecule has 0 saturated carbocycles. The van der Waals surface area contributed by atoms with Gasteiger partial charge in [-0.15, -0.1) is 0 Å². The summed E-state index contributed by atoms with van der Waals surface area (Å²) < 4.78 is 56.5. The van der Waals surface area contributed by atoms with Gasteiger partial charge in [-0.2, -0.15) is 18.3 Å². The van der Waals surface area contributed by atoms with E-state index in [0.29, 0.717) is 16.9 Å². The molecule has 1 aliphatic heterocycles. The lowest BCUT2D eigenvalue weighted by molar-refractivity contribution is -0.137. The first-order chi connectivity index (χ1) is 17.9. The van der Waals surface area contributed by atoms with Crippen LogP contribution in [0, 0.1) is 17.2 Å². The van der Waals surface area contributed by atoms with Gasteiger partial charge < -0.3 is 5.32 Å². The molecule has 0 spiro atoms. The number of alkyl halides is 3. The minimum Gasteiger partial charge on any atom is -0.322 e. The van der Waals surface area contributed by atoms with Crippen LogP contribution in [0.1, 0.15) is 41.3 Å². The minimum atomic E-state index is -4.78. The van der Waals surface area contributed by atoms with Gasteiger partial charge >= 0.3 is 6.18 Å². The number of hydrogen-bond acceptors (Lipinski definition) is 3. The zero-order chi connectivity index (χ0) is 27.4. The second-order valence-corrected chi connectivity index (χ2v) is 9.98. The van der Waals surface area contributed by atoms with E-state index >= 15 is 0 Å². The molecule has 1 fully saturated rings. The van der Waals surface area contributed by atoms with E-state index in [4.69, 9.17) is 0 Å². The molecule has 196 valence electrons. The van der Waals surface area contributed by atoms with Crippen LogP contribution in [0.2, 0.25) is 0 Å². The molecule has 0 radical (unpaired) electrons. The van der Waals surface area contributed by atoms with Crippen molar-refractivity contribution in [2.45, 2.75) is 25.9 Å². The van der Waals surface area contributed by atoms with E-state index in [-0.39, 0.29) is 11.6 Å². The van der Waals surface area contributed by atoms with Crippen LogP contribution in [-0.4, -0.2) is 21.6 Å². The molecular weight excluding hydrogens is 500 g/mol. The summed E-state index contributed by atoms with van der Waals surface area (Å²) in [6.45, 7) is 3.62. The summed E-state index contributed by atoms with van der Waals surface area (Å²) in [6.07, 6.45) is 3.96. The van der Waals surface area contributed by atoms with Crippen LogP contribution in [0.15, 0.2) is 78.8 Å². The van der Waals surface area contributed by atoms with Gasteiger partial charge in [-0.1, -0.05) is 32.1 Å². The van der Waals surface area contributed by atoms with E-state index in [1.165, 1.54) is 24.3 Å². The minimum absolute atomic E-state index is 0.156. The zero-order valence-electron chi connectivity index (χ0n) is 20.8. The smallest absolute Gasteiger partial charge is 0.322 e. The van der Waals surface area contributed by atoms with Crippen molar-refractivity contribution in [2.24, 2.45) is 18.4 Å². The number of nitrogens with one attached hydrogen (secondary N) is 1. The second kappa shape index (κ2) is 8.97. The number of halogens is 4. The number of benzene rings is 2. The Hall–Kier alpha value is -4.21. The molecule has 1 aliphatic carbocycles. The fourth-order valence-electron chi connectivity index (χ4n) is 5.27. The molecule has 2 heterocycles. The fraction of sp³-hybridized carbons (Fsp3) is 0.250. The Morgan fingerprint density at radius 2 is 1.82 bits per heavy atom. The summed E-state index contributed by atoms with van der Waals surface area (Å²) >= 11 is 0. The van der Waals surface area contributed by atoms with Crippen LogP contribution in [0.4, 0.5) is 28.9 Å². The summed E-state index contributed by atoms with van der Waals surface area (Å²) in [5.74, 6) is -2.54. The summed E-state index contributed by atoms with van der Waals surface area (Å²) in [6, 6.07) is 8.21. The van der Waals surface area contributed by atoms with Crippen molar-refractivity contribution in [3.8, 4) is 0 Å². The van der Waals surface area contributed by atoms with Crippen molar-refractivity contribution in [1.29, 1.82) is 0 Å². The van der Waals surface area contributed by atoms with Crippen LogP contribution in [0.25, 0.3) is 0 Å². The van der Waals surface area contributed by atoms with Crippen molar-refractivity contribution >= 4 is 23.2 Å². The molecule has 10 heteroatoms. The molecule has 38 heavy (non-hydrogen) atoms. The normalized spacial score (nSPS) is 20.3. The van der Waals surface area contributed by atoms with Crippen LogP contribution in [0.3, 0.4) is 0 Å². The van der Waals surface area contributed by atoms with Crippen molar-refractivity contribution < 1.29 is 27.2 Å². The fourth-order valence-corrected chi connectivity index (χ4v) is 5.27. The Balaban J connectivity index is 1.55. The van der Waals surface area contributed by atoms with Gasteiger partial charge in [0.15, 0.2) is 0 Å². The van der Waals surface area contributed by atoms with Crippen LogP contribution >= 0.6 is 0 Å². The third-order valence-corrected chi connectivity index (χ3v) is 7.08. The number of hydrogen-bond donors (Lipinski definition) is 1. The number of rotatable bonds is 4. The van der Waals surface area contributed by atoms with Crippen LogP contribution < -0.4 is 10.2 Å². The molecule has 2 aromatic carbocycles. The number of fused-ring (bicyclic) bond motifs is 1. The number of carbonyl (C=O) groups is 2. The van der Waals surface area contributed by atoms with E-state index in [2.05, 4.69) is 10.4 Å². The highest BCUT2D eigenvalue weighted by molar-refractivity contribution is 6.06. The second-order valence-electron chi connectivity index (χ2n) is 9.98. The molecule has 0 bridgehead atoms. The lowest BCUT2D eigenvalue weighted by atomic mass is 9.68. The predicted molar refractivity (Wildman–Crippen MR) is 134 cm³/mol. The first-order valence-corrected chi connectivity index (χ1v) is 11.9. The summed E-state index contributed by atoms with van der Waals surface area (Å²) in [4.78, 5) is 28.2. The third kappa shape index (κ3) is 4.29. The Kier molecular flexibility index (Phi) is 6.00. The van der Waals surface area contributed by atoms with E-state index in [9.17, 15) is 27.2 Å². The molecule has 1 saturated heterocycles. The molecule has 2 atom stereocenters. The van der Waals surface area contributed by atoms with E-state index in [1.54, 1.807) is 35.1 Å². The maximum atomic E-state index is 13.9. The lowest BCUT2D eigenvalue weighted by Gasteiger charge is -2.32. The Morgan fingerprint density at radius 1 is 1.11 bits per heavy atom. The van der Waals surface area contributed by atoms with Gasteiger partial charge in [0.05, 0.1) is 28.4 Å². The summed E-state index contributed by atoms with van der Waals surface area (Å²) in [7, 11) is 1.74. The number of nitrogens with zero attached hydrogens (tertiary/aromatic N) is 3. The highest BCUT2D eigenvalue weighted by Gasteiger charge is 2.54. The average molecular weight is 525 g/mol. The maximum Gasteiger partial charge on any atom is 0.417 e. The number of amides is 2. The third-order valence-electron chi connectivity index (χ3n) is 7.08. The lowest BCUT2D eigenvalue weighted by Crippen LogP contribution is -2.32. The summed E-state index contributed by atoms with van der Waals surface area (Å²) in [5, 5.41) is 6.59. The summed E-state index contributed by atoms with van der Waals surface area (Å²) in [5.41, 5.74) is -0.616. The molecule has 6 nitrogen and oxygen atoms in total. The van der Waals surface area contributed by atoms with Gasteiger partial charge in [-0.25, -0.2) is 4.39 Å². The van der Waals surface area contributed by atoms with Crippen molar-refractivity contribution in [3.05, 3.63) is 101 Å². The molecule has 1 aromatic heterocycles. The van der Waals surface area contributed by atoms with Gasteiger partial charge in [0, 0.05) is 36.5 Å². The SMILES string of the molecule is Cn1cc(N2C(=O)C(C)(C)C3C2=CC=CC3c2ccc(C(F)(F)F)c(C(=O)Nc3ccc(F)cc3)c2)cn1. The largest absolute Gasteiger partial charge is 0.417 e. The Labute approximate surface area is 216 Å². The Morgan fingerprint density at radius 3 is 2.45 bits per heavy atom. The van der Waals surface area contributed by atoms with Gasteiger partial charge in [0.1, 0.15) is 5.82 Å². The van der Waals surface area contributed by atoms with E-state index < -0.39 is 46.3 Å². The molecule has 3 aromatic rings. The average Bonchev–Trinajstić information content (AvgIpc) is 3.37. The first kappa shape index (κ1) is 25.4. The van der Waals surface area contributed by atoms with Crippen LogP contribution in [0.5, 0.6) is 0 Å². The van der Waals surface area contributed by atoms with Gasteiger partial charge in [-0.05, 0) is 48.0 Å². The molecule has 1 N–H and O–H groups in total. The predicted octanol–water partition coefficient (Wildman–Crippen LogP) is 6.06. The Bertz CT molecular complexity index is 1490. The highest BCUT2D eigenvalue weighted by atomic mass is 19.4. The van der Waals surface area contributed by atoms with Gasteiger partial charge in [0.2, 0.25) is 5.91 Å². The standard InChI is InChI=1S/C28H24F4N4O2/c1-27(2)24-20(5-4-6-23(24)36(26(27)38)19-14-33-35(3)15-19)16-7-12-22(28(30,31)32)21(13-16)25(37)34-18-10-8-17(29)9-11-18/h4-15,20,24H,1-3H3,(H,34,37). The van der Waals surface area contributed by atoms with Gasteiger partial charge in [0.25, 0.3) is 5.91 Å². The maximum absolute atomic E-state index is 13.9. The van der Waals surface area contributed by atoms with Gasteiger partial charge in [-0.3, -0.25) is 19.2 Å². The topological polar surface area (TPSA) is 67.2 Å². The molecule has 5 rings (SSSR count). The molecular formula is C28H24F4N4O2. The molecule has 2 amide bonds. The molecule has 2 unspecified atom stereocenters. The number of allylic oxidation sites excluding steroid dienone is 4. The van der Waals surface area contributed by atoms with E-state index in [0.717, 1.165) is 18.2 Å².